The van der Waals surface area contributed by atoms with Gasteiger partial charge in [-0.1, -0.05) is 11.6 Å². The zero-order valence-corrected chi connectivity index (χ0v) is 15.3. The van der Waals surface area contributed by atoms with Crippen LogP contribution in [0.2, 0.25) is 5.02 Å². The lowest BCUT2D eigenvalue weighted by Gasteiger charge is -2.09. The molecule has 0 aliphatic rings. The maximum atomic E-state index is 11.8. The average molecular weight is 389 g/mol. The van der Waals surface area contributed by atoms with Gasteiger partial charge < -0.3 is 19.5 Å². The second kappa shape index (κ2) is 10.0. The molecule has 8 heteroatoms. The Kier molecular flexibility index (Phi) is 7.47. The number of rotatable bonds is 8. The number of carbonyl (C=O) groups is 2. The third-order valence-electron chi connectivity index (χ3n) is 3.23. The van der Waals surface area contributed by atoms with Crippen molar-refractivity contribution < 1.29 is 23.8 Å². The van der Waals surface area contributed by atoms with Crippen LogP contribution in [0.1, 0.15) is 12.5 Å². The summed E-state index contributed by atoms with van der Waals surface area (Å²) in [5.74, 6) is -0.0406. The van der Waals surface area contributed by atoms with Gasteiger partial charge in [0.15, 0.2) is 13.2 Å². The molecule has 2 rings (SSSR count). The maximum absolute atomic E-state index is 11.8. The predicted molar refractivity (Wildman–Crippen MR) is 98.9 cm³/mol. The normalized spacial score (nSPS) is 9.81. The fourth-order valence-corrected chi connectivity index (χ4v) is 2.23. The van der Waals surface area contributed by atoms with E-state index in [1.807, 2.05) is 13.0 Å². The van der Waals surface area contributed by atoms with E-state index in [0.29, 0.717) is 29.4 Å². The van der Waals surface area contributed by atoms with Crippen LogP contribution in [0, 0.1) is 11.3 Å². The number of ether oxygens (including phenoxy) is 3. The molecule has 27 heavy (non-hydrogen) atoms. The summed E-state index contributed by atoms with van der Waals surface area (Å²) in [5, 5.41) is 11.5. The van der Waals surface area contributed by atoms with Crippen LogP contribution in [0.15, 0.2) is 42.5 Å². The first-order valence-corrected chi connectivity index (χ1v) is 8.40. The van der Waals surface area contributed by atoms with Gasteiger partial charge in [0.05, 0.1) is 17.2 Å². The molecular weight excluding hydrogens is 372 g/mol. The van der Waals surface area contributed by atoms with Crippen molar-refractivity contribution in [2.45, 2.75) is 6.92 Å². The Hall–Kier alpha value is -3.24. The van der Waals surface area contributed by atoms with Crippen molar-refractivity contribution in [1.29, 1.82) is 5.26 Å². The Bertz CT molecular complexity index is 846. The Balaban J connectivity index is 1.74. The smallest absolute Gasteiger partial charge is 0.344 e. The molecule has 0 bridgehead atoms. The summed E-state index contributed by atoms with van der Waals surface area (Å²) in [6.07, 6.45) is 0. The first kappa shape index (κ1) is 20.1. The zero-order valence-electron chi connectivity index (χ0n) is 14.5. The largest absolute Gasteiger partial charge is 0.494 e. The molecule has 0 atom stereocenters. The summed E-state index contributed by atoms with van der Waals surface area (Å²) in [7, 11) is 0. The molecule has 0 fully saturated rings. The van der Waals surface area contributed by atoms with Gasteiger partial charge in [-0.3, -0.25) is 4.79 Å². The van der Waals surface area contributed by atoms with Gasteiger partial charge in [-0.05, 0) is 49.4 Å². The Morgan fingerprint density at radius 1 is 1.07 bits per heavy atom. The first-order chi connectivity index (χ1) is 13.0. The minimum atomic E-state index is -0.683. The summed E-state index contributed by atoms with van der Waals surface area (Å²) < 4.78 is 15.4. The van der Waals surface area contributed by atoms with Gasteiger partial charge in [0, 0.05) is 5.69 Å². The van der Waals surface area contributed by atoms with E-state index < -0.39 is 18.5 Å². The highest BCUT2D eigenvalue weighted by atomic mass is 35.5. The molecule has 1 N–H and O–H groups in total. The number of nitrogens with one attached hydrogen (secondary N) is 1. The second-order valence-electron chi connectivity index (χ2n) is 5.21. The minimum absolute atomic E-state index is 0.219. The standard InChI is InChI=1S/C19H17ClN2O5/c1-2-25-15-5-7-16(8-6-15)26-12-19(24)27-11-18(23)22-14-4-3-13(10-21)17(20)9-14/h3-9H,2,11-12H2,1H3,(H,22,23). The van der Waals surface area contributed by atoms with Crippen molar-refractivity contribution in [1.82, 2.24) is 0 Å². The van der Waals surface area contributed by atoms with Crippen LogP contribution in [0.4, 0.5) is 5.69 Å². The number of anilines is 1. The van der Waals surface area contributed by atoms with Crippen molar-refractivity contribution >= 4 is 29.2 Å². The number of nitriles is 1. The summed E-state index contributed by atoms with van der Waals surface area (Å²) in [6, 6.07) is 13.1. The SMILES string of the molecule is CCOc1ccc(OCC(=O)OCC(=O)Nc2ccc(C#N)c(Cl)c2)cc1. The van der Waals surface area contributed by atoms with Crippen LogP contribution in [-0.4, -0.2) is 31.7 Å². The van der Waals surface area contributed by atoms with Gasteiger partial charge in [-0.2, -0.15) is 5.26 Å². The van der Waals surface area contributed by atoms with E-state index in [1.54, 1.807) is 24.3 Å². The molecule has 2 aromatic rings. The van der Waals surface area contributed by atoms with Gasteiger partial charge >= 0.3 is 5.97 Å². The van der Waals surface area contributed by atoms with Crippen molar-refractivity contribution in [3.05, 3.63) is 53.1 Å². The van der Waals surface area contributed by atoms with Crippen LogP contribution >= 0.6 is 11.6 Å². The van der Waals surface area contributed by atoms with Crippen LogP contribution in [0.5, 0.6) is 11.5 Å². The fraction of sp³-hybridized carbons (Fsp3) is 0.211. The van der Waals surface area contributed by atoms with Gasteiger partial charge in [-0.25, -0.2) is 4.79 Å². The predicted octanol–water partition coefficient (Wildman–Crippen LogP) is 3.17. The van der Waals surface area contributed by atoms with Gasteiger partial charge in [0.25, 0.3) is 5.91 Å². The van der Waals surface area contributed by atoms with Crippen molar-refractivity contribution in [3.8, 4) is 17.6 Å². The topological polar surface area (TPSA) is 97.7 Å². The zero-order chi connectivity index (χ0) is 19.6. The molecule has 1 amide bonds. The first-order valence-electron chi connectivity index (χ1n) is 8.02. The highest BCUT2D eigenvalue weighted by Crippen LogP contribution is 2.20. The number of esters is 1. The van der Waals surface area contributed by atoms with Crippen LogP contribution in [0.25, 0.3) is 0 Å². The Morgan fingerprint density at radius 3 is 2.33 bits per heavy atom. The molecule has 140 valence electrons. The van der Waals surface area contributed by atoms with E-state index >= 15 is 0 Å². The van der Waals surface area contributed by atoms with Gasteiger partial charge in [0.2, 0.25) is 0 Å². The Labute approximate surface area is 161 Å². The van der Waals surface area contributed by atoms with Crippen LogP contribution in [0.3, 0.4) is 0 Å². The highest BCUT2D eigenvalue weighted by Gasteiger charge is 2.10. The van der Waals surface area contributed by atoms with E-state index in [4.69, 9.17) is 31.1 Å². The third-order valence-corrected chi connectivity index (χ3v) is 3.54. The van der Waals surface area contributed by atoms with Crippen LogP contribution < -0.4 is 14.8 Å². The summed E-state index contributed by atoms with van der Waals surface area (Å²) in [5.41, 5.74) is 0.693. The molecule has 0 spiro atoms. The third kappa shape index (κ3) is 6.53. The summed E-state index contributed by atoms with van der Waals surface area (Å²) in [6.45, 7) is 1.64. The number of benzene rings is 2. The van der Waals surface area contributed by atoms with Crippen molar-refractivity contribution in [2.24, 2.45) is 0 Å². The van der Waals surface area contributed by atoms with Crippen molar-refractivity contribution in [2.75, 3.05) is 25.1 Å². The molecule has 0 unspecified atom stereocenters. The molecule has 7 nitrogen and oxygen atoms in total. The number of hydrogen-bond acceptors (Lipinski definition) is 6. The van der Waals surface area contributed by atoms with E-state index in [0.717, 1.165) is 0 Å². The summed E-state index contributed by atoms with van der Waals surface area (Å²) >= 11 is 5.88. The maximum Gasteiger partial charge on any atom is 0.344 e. The molecule has 0 saturated heterocycles. The molecular formula is C19H17ClN2O5. The lowest BCUT2D eigenvalue weighted by molar-refractivity contribution is -0.149. The minimum Gasteiger partial charge on any atom is -0.494 e. The Morgan fingerprint density at radius 2 is 1.74 bits per heavy atom. The number of halogens is 1. The molecule has 0 radical (unpaired) electrons. The number of amides is 1. The average Bonchev–Trinajstić information content (AvgIpc) is 2.66. The van der Waals surface area contributed by atoms with E-state index in [-0.39, 0.29) is 11.6 Å². The molecule has 0 aromatic heterocycles. The second-order valence-corrected chi connectivity index (χ2v) is 5.62. The molecule has 2 aromatic carbocycles. The summed E-state index contributed by atoms with van der Waals surface area (Å²) in [4.78, 5) is 23.5. The lowest BCUT2D eigenvalue weighted by Crippen LogP contribution is -2.23. The monoisotopic (exact) mass is 388 g/mol. The molecule has 0 heterocycles. The fourth-order valence-electron chi connectivity index (χ4n) is 2.01. The number of hydrogen-bond donors (Lipinski definition) is 1. The molecule has 0 saturated carbocycles. The van der Waals surface area contributed by atoms with Crippen LogP contribution in [-0.2, 0) is 14.3 Å². The molecule has 0 aliphatic heterocycles. The van der Waals surface area contributed by atoms with E-state index in [2.05, 4.69) is 5.32 Å². The van der Waals surface area contributed by atoms with E-state index in [9.17, 15) is 9.59 Å². The number of nitrogens with zero attached hydrogens (tertiary/aromatic N) is 1. The highest BCUT2D eigenvalue weighted by molar-refractivity contribution is 6.32. The van der Waals surface area contributed by atoms with E-state index in [1.165, 1.54) is 18.2 Å². The quantitative estimate of drug-likeness (QED) is 0.697. The van der Waals surface area contributed by atoms with Gasteiger partial charge in [0.1, 0.15) is 17.6 Å². The number of carbonyl (C=O) groups excluding carboxylic acids is 2. The molecule has 0 aliphatic carbocycles. The lowest BCUT2D eigenvalue weighted by atomic mass is 10.2. The van der Waals surface area contributed by atoms with Gasteiger partial charge in [-0.15, -0.1) is 0 Å². The van der Waals surface area contributed by atoms with Crippen molar-refractivity contribution in [3.63, 3.8) is 0 Å².